The highest BCUT2D eigenvalue weighted by Gasteiger charge is 2.31. The van der Waals surface area contributed by atoms with Gasteiger partial charge in [0, 0.05) is 31.8 Å². The molecule has 1 aliphatic carbocycles. The number of halogens is 1. The summed E-state index contributed by atoms with van der Waals surface area (Å²) in [5.41, 5.74) is 3.26. The number of aryl methyl sites for hydroxylation is 1. The van der Waals surface area contributed by atoms with Crippen LogP contribution in [0.4, 0.5) is 0 Å². The van der Waals surface area contributed by atoms with E-state index in [2.05, 4.69) is 35.9 Å². The number of aromatic amines is 1. The van der Waals surface area contributed by atoms with Crippen LogP contribution in [0.2, 0.25) is 0 Å². The molecule has 2 aromatic rings. The maximum absolute atomic E-state index is 12.6. The average molecular weight is 408 g/mol. The number of hydrogen-bond acceptors (Lipinski definition) is 3. The Balaban J connectivity index is 0.00000225. The number of imidazole rings is 1. The number of nitrogens with one attached hydrogen (secondary N) is 1. The summed E-state index contributed by atoms with van der Waals surface area (Å²) in [7, 11) is 0. The monoisotopic (exact) mass is 407 g/mol. The van der Waals surface area contributed by atoms with Crippen LogP contribution in [0.5, 0.6) is 0 Å². The van der Waals surface area contributed by atoms with E-state index in [1.165, 1.54) is 31.2 Å². The molecule has 1 N–H and O–H groups in total. The Bertz CT molecular complexity index is 823. The van der Waals surface area contributed by atoms with E-state index < -0.39 is 0 Å². The van der Waals surface area contributed by atoms with Crippen LogP contribution in [0.3, 0.4) is 0 Å². The Kier molecular flexibility index (Phi) is 7.24. The van der Waals surface area contributed by atoms with Gasteiger partial charge in [-0.25, -0.2) is 4.79 Å². The Morgan fingerprint density at radius 3 is 2.68 bits per heavy atom. The van der Waals surface area contributed by atoms with Crippen LogP contribution in [0.25, 0.3) is 11.0 Å². The molecule has 1 saturated carbocycles. The molecule has 0 radical (unpaired) electrons. The molecule has 1 saturated heterocycles. The van der Waals surface area contributed by atoms with Gasteiger partial charge in [-0.05, 0) is 69.6 Å². The Morgan fingerprint density at radius 2 is 1.93 bits per heavy atom. The van der Waals surface area contributed by atoms with Gasteiger partial charge >= 0.3 is 5.69 Å². The number of rotatable bonds is 5. The van der Waals surface area contributed by atoms with Gasteiger partial charge in [0.05, 0.1) is 17.1 Å². The number of likely N-dealkylation sites (tertiary alicyclic amines) is 1. The lowest BCUT2D eigenvalue weighted by atomic mass is 9.90. The van der Waals surface area contributed by atoms with Crippen LogP contribution in [-0.2, 0) is 4.74 Å². The highest BCUT2D eigenvalue weighted by molar-refractivity contribution is 5.85. The number of nitrogens with zero attached hydrogens (tertiary/aromatic N) is 2. The predicted octanol–water partition coefficient (Wildman–Crippen LogP) is 4.43. The molecule has 2 fully saturated rings. The lowest BCUT2D eigenvalue weighted by molar-refractivity contribution is -0.00714. The molecule has 0 spiro atoms. The van der Waals surface area contributed by atoms with Gasteiger partial charge < -0.3 is 14.6 Å². The first kappa shape index (κ1) is 21.4. The molecule has 1 aromatic heterocycles. The number of aromatic nitrogens is 2. The zero-order valence-electron chi connectivity index (χ0n) is 17.2. The minimum atomic E-state index is 0. The van der Waals surface area contributed by atoms with Gasteiger partial charge in [0.2, 0.25) is 0 Å². The minimum absolute atomic E-state index is 0. The van der Waals surface area contributed by atoms with Crippen molar-refractivity contribution < 1.29 is 4.74 Å². The highest BCUT2D eigenvalue weighted by Crippen LogP contribution is 2.31. The number of benzene rings is 1. The molecule has 0 bridgehead atoms. The van der Waals surface area contributed by atoms with E-state index in [1.54, 1.807) is 0 Å². The second-order valence-corrected chi connectivity index (χ2v) is 8.40. The van der Waals surface area contributed by atoms with Crippen molar-refractivity contribution >= 4 is 23.4 Å². The summed E-state index contributed by atoms with van der Waals surface area (Å²) in [6.07, 6.45) is 8.62. The first-order chi connectivity index (χ1) is 13.2. The maximum atomic E-state index is 12.6. The van der Waals surface area contributed by atoms with E-state index in [1.807, 2.05) is 10.6 Å². The number of hydrogen-bond donors (Lipinski definition) is 1. The lowest BCUT2D eigenvalue weighted by Crippen LogP contribution is -2.46. The van der Waals surface area contributed by atoms with E-state index in [-0.39, 0.29) is 18.1 Å². The van der Waals surface area contributed by atoms with E-state index >= 15 is 0 Å². The Hall–Kier alpha value is -1.30. The molecule has 0 amide bonds. The SMILES string of the molecule is CCCO[C@H]1CCC[C@@H](N2CCC(n3c(=O)[nH]c4ccc(C)cc43)CC2)C1.Cl. The maximum Gasteiger partial charge on any atom is 0.326 e. The fraction of sp³-hybridized carbons (Fsp3) is 0.682. The standard InChI is InChI=1S/C22H33N3O2.ClH/c1-3-13-27-19-6-4-5-18(15-19)24-11-9-17(10-12-24)25-21-14-16(2)7-8-20(21)23-22(25)26;/h7-8,14,17-19H,3-6,9-13,15H2,1-2H3,(H,23,26);1H/t18-,19+;/m1./s1. The molecule has 0 unspecified atom stereocenters. The van der Waals surface area contributed by atoms with E-state index in [4.69, 9.17) is 4.74 Å². The molecule has 5 nitrogen and oxygen atoms in total. The lowest BCUT2D eigenvalue weighted by Gasteiger charge is -2.41. The van der Waals surface area contributed by atoms with Crippen molar-refractivity contribution in [3.8, 4) is 0 Å². The summed E-state index contributed by atoms with van der Waals surface area (Å²) < 4.78 is 8.04. The summed E-state index contributed by atoms with van der Waals surface area (Å²) in [5.74, 6) is 0. The second-order valence-electron chi connectivity index (χ2n) is 8.40. The van der Waals surface area contributed by atoms with Crippen molar-refractivity contribution in [2.45, 2.75) is 77.0 Å². The molecule has 156 valence electrons. The van der Waals surface area contributed by atoms with Crippen LogP contribution >= 0.6 is 12.4 Å². The van der Waals surface area contributed by atoms with Gasteiger partial charge in [0.25, 0.3) is 0 Å². The van der Waals surface area contributed by atoms with Crippen LogP contribution < -0.4 is 5.69 Å². The van der Waals surface area contributed by atoms with Gasteiger partial charge in [-0.1, -0.05) is 13.0 Å². The van der Waals surface area contributed by atoms with Crippen molar-refractivity contribution in [1.82, 2.24) is 14.5 Å². The number of H-pyrrole nitrogens is 1. The number of piperidine rings is 1. The summed E-state index contributed by atoms with van der Waals surface area (Å²) in [6.45, 7) is 7.33. The topological polar surface area (TPSA) is 50.3 Å². The summed E-state index contributed by atoms with van der Waals surface area (Å²) in [5, 5.41) is 0. The second kappa shape index (κ2) is 9.47. The van der Waals surface area contributed by atoms with E-state index in [0.717, 1.165) is 50.0 Å². The van der Waals surface area contributed by atoms with Gasteiger partial charge in [0.1, 0.15) is 0 Å². The first-order valence-electron chi connectivity index (χ1n) is 10.7. The number of fused-ring (bicyclic) bond motifs is 1. The predicted molar refractivity (Wildman–Crippen MR) is 117 cm³/mol. The molecular weight excluding hydrogens is 374 g/mol. The molecule has 2 atom stereocenters. The van der Waals surface area contributed by atoms with E-state index in [0.29, 0.717) is 18.2 Å². The quantitative estimate of drug-likeness (QED) is 0.797. The molecule has 2 aliphatic rings. The Morgan fingerprint density at radius 1 is 1.14 bits per heavy atom. The molecule has 1 aromatic carbocycles. The summed E-state index contributed by atoms with van der Waals surface area (Å²) in [4.78, 5) is 18.2. The van der Waals surface area contributed by atoms with E-state index in [9.17, 15) is 4.79 Å². The summed E-state index contributed by atoms with van der Waals surface area (Å²) in [6, 6.07) is 7.18. The molecule has 6 heteroatoms. The van der Waals surface area contributed by atoms with Crippen molar-refractivity contribution in [2.75, 3.05) is 19.7 Å². The minimum Gasteiger partial charge on any atom is -0.378 e. The molecule has 28 heavy (non-hydrogen) atoms. The third-order valence-electron chi connectivity index (χ3n) is 6.41. The van der Waals surface area contributed by atoms with Gasteiger partial charge in [-0.15, -0.1) is 12.4 Å². The van der Waals surface area contributed by atoms with Crippen LogP contribution in [0.1, 0.15) is 63.5 Å². The van der Waals surface area contributed by atoms with Crippen molar-refractivity contribution in [2.24, 2.45) is 0 Å². The summed E-state index contributed by atoms with van der Waals surface area (Å²) >= 11 is 0. The fourth-order valence-corrected chi connectivity index (χ4v) is 4.99. The van der Waals surface area contributed by atoms with Crippen molar-refractivity contribution in [3.05, 3.63) is 34.2 Å². The first-order valence-corrected chi connectivity index (χ1v) is 10.7. The van der Waals surface area contributed by atoms with Crippen LogP contribution in [0, 0.1) is 6.92 Å². The number of ether oxygens (including phenoxy) is 1. The van der Waals surface area contributed by atoms with Crippen molar-refractivity contribution in [1.29, 1.82) is 0 Å². The fourth-order valence-electron chi connectivity index (χ4n) is 4.99. The third-order valence-corrected chi connectivity index (χ3v) is 6.41. The normalized spacial score (nSPS) is 24.4. The van der Waals surface area contributed by atoms with Crippen molar-refractivity contribution in [3.63, 3.8) is 0 Å². The molecule has 2 heterocycles. The molecular formula is C22H34ClN3O2. The van der Waals surface area contributed by atoms with Gasteiger partial charge in [-0.2, -0.15) is 0 Å². The smallest absolute Gasteiger partial charge is 0.326 e. The molecule has 1 aliphatic heterocycles. The average Bonchev–Trinajstić information content (AvgIpc) is 3.01. The Labute approximate surface area is 173 Å². The zero-order chi connectivity index (χ0) is 18.8. The highest BCUT2D eigenvalue weighted by atomic mass is 35.5. The third kappa shape index (κ3) is 4.47. The molecule has 4 rings (SSSR count). The van der Waals surface area contributed by atoms with Crippen LogP contribution in [0.15, 0.2) is 23.0 Å². The zero-order valence-corrected chi connectivity index (χ0v) is 18.0. The van der Waals surface area contributed by atoms with Gasteiger partial charge in [-0.3, -0.25) is 4.57 Å². The van der Waals surface area contributed by atoms with Crippen LogP contribution in [-0.4, -0.2) is 46.3 Å². The van der Waals surface area contributed by atoms with Gasteiger partial charge in [0.15, 0.2) is 0 Å². The largest absolute Gasteiger partial charge is 0.378 e.